The van der Waals surface area contributed by atoms with Crippen LogP contribution < -0.4 is 9.47 Å². The summed E-state index contributed by atoms with van der Waals surface area (Å²) in [6.07, 6.45) is 2.52. The van der Waals surface area contributed by atoms with Crippen molar-refractivity contribution in [1.29, 1.82) is 0 Å². The summed E-state index contributed by atoms with van der Waals surface area (Å²) in [5.74, 6) is 0.148. The Balaban J connectivity index is 1.59. The lowest BCUT2D eigenvalue weighted by atomic mass is 10.1. The molecule has 4 aromatic rings. The highest BCUT2D eigenvalue weighted by molar-refractivity contribution is 5.99. The van der Waals surface area contributed by atoms with Crippen molar-refractivity contribution in [1.82, 2.24) is 14.4 Å². The summed E-state index contributed by atoms with van der Waals surface area (Å²) in [6.45, 7) is 4.41. The molecule has 0 atom stereocenters. The van der Waals surface area contributed by atoms with Crippen LogP contribution in [0.4, 0.5) is 4.39 Å². The molecule has 0 saturated carbocycles. The molecule has 0 saturated heterocycles. The third-order valence-electron chi connectivity index (χ3n) is 7.28. The minimum Gasteiger partial charge on any atom is -0.497 e. The Labute approximate surface area is 258 Å². The van der Waals surface area contributed by atoms with E-state index in [-0.39, 0.29) is 24.2 Å². The smallest absolute Gasteiger partial charge is 0.258 e. The van der Waals surface area contributed by atoms with Gasteiger partial charge in [0, 0.05) is 50.8 Å². The van der Waals surface area contributed by atoms with Gasteiger partial charge < -0.3 is 28.6 Å². The molecule has 2 amide bonds. The van der Waals surface area contributed by atoms with Crippen molar-refractivity contribution >= 4 is 11.8 Å². The number of methoxy groups -OCH3 is 2. The van der Waals surface area contributed by atoms with E-state index in [9.17, 15) is 14.0 Å². The fourth-order valence-corrected chi connectivity index (χ4v) is 4.93. The second-order valence-corrected chi connectivity index (χ2v) is 10.3. The zero-order valence-electron chi connectivity index (χ0n) is 25.6. The molecule has 3 aromatic carbocycles. The molecule has 0 N–H and O–H groups in total. The maximum atomic E-state index is 14.1. The van der Waals surface area contributed by atoms with Gasteiger partial charge >= 0.3 is 0 Å². The Morgan fingerprint density at radius 2 is 1.61 bits per heavy atom. The summed E-state index contributed by atoms with van der Waals surface area (Å²) in [7, 11) is 3.05. The maximum Gasteiger partial charge on any atom is 0.258 e. The van der Waals surface area contributed by atoms with Gasteiger partial charge in [-0.1, -0.05) is 42.5 Å². The summed E-state index contributed by atoms with van der Waals surface area (Å²) in [4.78, 5) is 31.3. The molecule has 8 nitrogen and oxygen atoms in total. The standard InChI is InChI=1S/C35H40FN3O5/c1-4-44-21-9-20-38(35(41)32-18-17-31(42-2)22-33(32)43-3)26-34(40)39(24-27-10-6-5-7-11-27)25-30-12-8-19-37(30)23-28-13-15-29(36)16-14-28/h5-8,10-19,22H,4,9,20-21,23-26H2,1-3H3. The first-order valence-electron chi connectivity index (χ1n) is 14.7. The zero-order chi connectivity index (χ0) is 31.3. The molecule has 0 spiro atoms. The average Bonchev–Trinajstić information content (AvgIpc) is 3.49. The number of hydrogen-bond donors (Lipinski definition) is 0. The van der Waals surface area contributed by atoms with Crippen LogP contribution >= 0.6 is 0 Å². The largest absolute Gasteiger partial charge is 0.497 e. The van der Waals surface area contributed by atoms with Crippen molar-refractivity contribution in [2.75, 3.05) is 40.5 Å². The topological polar surface area (TPSA) is 73.2 Å². The number of halogens is 1. The molecule has 1 heterocycles. The molecule has 0 fully saturated rings. The first kappa shape index (κ1) is 32.3. The van der Waals surface area contributed by atoms with Crippen LogP contribution in [0.2, 0.25) is 0 Å². The summed E-state index contributed by atoms with van der Waals surface area (Å²) < 4.78 is 31.8. The maximum absolute atomic E-state index is 14.1. The molecule has 0 bridgehead atoms. The number of benzene rings is 3. The minimum absolute atomic E-state index is 0.119. The van der Waals surface area contributed by atoms with Gasteiger partial charge in [-0.3, -0.25) is 9.59 Å². The number of ether oxygens (including phenoxy) is 3. The molecule has 44 heavy (non-hydrogen) atoms. The van der Waals surface area contributed by atoms with E-state index in [2.05, 4.69) is 0 Å². The van der Waals surface area contributed by atoms with Gasteiger partial charge in [-0.25, -0.2) is 4.39 Å². The SMILES string of the molecule is CCOCCCN(CC(=O)N(Cc1ccccc1)Cc1cccn1Cc1ccc(F)cc1)C(=O)c1ccc(OC)cc1OC. The van der Waals surface area contributed by atoms with Gasteiger partial charge in [0.25, 0.3) is 5.91 Å². The number of aromatic nitrogens is 1. The molecule has 0 aliphatic rings. The summed E-state index contributed by atoms with van der Waals surface area (Å²) in [5.41, 5.74) is 3.19. The second-order valence-electron chi connectivity index (χ2n) is 10.3. The van der Waals surface area contributed by atoms with E-state index in [1.54, 1.807) is 47.2 Å². The monoisotopic (exact) mass is 601 g/mol. The fraction of sp³-hybridized carbons (Fsp3) is 0.314. The Hall–Kier alpha value is -4.63. The van der Waals surface area contributed by atoms with Gasteiger partial charge in [-0.15, -0.1) is 0 Å². The van der Waals surface area contributed by atoms with Gasteiger partial charge in [-0.2, -0.15) is 0 Å². The number of carbonyl (C=O) groups excluding carboxylic acids is 2. The van der Waals surface area contributed by atoms with E-state index in [1.165, 1.54) is 19.2 Å². The summed E-state index contributed by atoms with van der Waals surface area (Å²) in [5, 5.41) is 0. The lowest BCUT2D eigenvalue weighted by Gasteiger charge is -2.29. The van der Waals surface area contributed by atoms with E-state index in [4.69, 9.17) is 14.2 Å². The van der Waals surface area contributed by atoms with Crippen molar-refractivity contribution in [3.05, 3.63) is 119 Å². The van der Waals surface area contributed by atoms with E-state index in [1.807, 2.05) is 60.2 Å². The normalized spacial score (nSPS) is 10.8. The summed E-state index contributed by atoms with van der Waals surface area (Å²) >= 11 is 0. The average molecular weight is 602 g/mol. The van der Waals surface area contributed by atoms with Crippen molar-refractivity contribution in [3.63, 3.8) is 0 Å². The molecule has 0 radical (unpaired) electrons. The third kappa shape index (κ3) is 8.94. The lowest BCUT2D eigenvalue weighted by Crippen LogP contribution is -2.43. The molecule has 0 unspecified atom stereocenters. The Morgan fingerprint density at radius 3 is 2.32 bits per heavy atom. The van der Waals surface area contributed by atoms with Crippen LogP contribution in [0.3, 0.4) is 0 Å². The molecular formula is C35H40FN3O5. The molecule has 0 aliphatic heterocycles. The van der Waals surface area contributed by atoms with Crippen molar-refractivity contribution in [2.45, 2.75) is 33.0 Å². The number of carbonyl (C=O) groups is 2. The predicted molar refractivity (Wildman–Crippen MR) is 167 cm³/mol. The van der Waals surface area contributed by atoms with Crippen molar-refractivity contribution < 1.29 is 28.2 Å². The van der Waals surface area contributed by atoms with Crippen LogP contribution in [-0.2, 0) is 29.2 Å². The molecule has 1 aromatic heterocycles. The minimum atomic E-state index is -0.311. The number of hydrogen-bond acceptors (Lipinski definition) is 5. The van der Waals surface area contributed by atoms with Crippen molar-refractivity contribution in [3.8, 4) is 11.5 Å². The Morgan fingerprint density at radius 1 is 0.841 bits per heavy atom. The van der Waals surface area contributed by atoms with Crippen LogP contribution in [0, 0.1) is 5.82 Å². The molecule has 232 valence electrons. The van der Waals surface area contributed by atoms with Crippen LogP contribution in [0.1, 0.15) is 40.5 Å². The van der Waals surface area contributed by atoms with Crippen LogP contribution in [0.25, 0.3) is 0 Å². The van der Waals surface area contributed by atoms with Crippen LogP contribution in [0.15, 0.2) is 91.1 Å². The van der Waals surface area contributed by atoms with E-state index >= 15 is 0 Å². The van der Waals surface area contributed by atoms with Gasteiger partial charge in [-0.05, 0) is 60.9 Å². The van der Waals surface area contributed by atoms with Crippen LogP contribution in [-0.4, -0.2) is 66.7 Å². The zero-order valence-corrected chi connectivity index (χ0v) is 25.6. The van der Waals surface area contributed by atoms with E-state index in [0.29, 0.717) is 62.9 Å². The molecule has 4 rings (SSSR count). The fourth-order valence-electron chi connectivity index (χ4n) is 4.93. The van der Waals surface area contributed by atoms with Gasteiger partial charge in [0.15, 0.2) is 0 Å². The predicted octanol–water partition coefficient (Wildman–Crippen LogP) is 5.79. The first-order valence-corrected chi connectivity index (χ1v) is 14.7. The Bertz CT molecular complexity index is 1490. The highest BCUT2D eigenvalue weighted by Crippen LogP contribution is 2.26. The van der Waals surface area contributed by atoms with E-state index < -0.39 is 0 Å². The Kier molecular flexibility index (Phi) is 11.9. The quantitative estimate of drug-likeness (QED) is 0.152. The number of amides is 2. The highest BCUT2D eigenvalue weighted by Gasteiger charge is 2.25. The summed E-state index contributed by atoms with van der Waals surface area (Å²) in [6, 6.07) is 25.1. The highest BCUT2D eigenvalue weighted by atomic mass is 19.1. The third-order valence-corrected chi connectivity index (χ3v) is 7.28. The number of rotatable bonds is 16. The van der Waals surface area contributed by atoms with Gasteiger partial charge in [0.2, 0.25) is 5.91 Å². The lowest BCUT2D eigenvalue weighted by molar-refractivity contribution is -0.133. The van der Waals surface area contributed by atoms with Gasteiger partial charge in [0.05, 0.1) is 26.3 Å². The molecule has 9 heteroatoms. The number of nitrogens with zero attached hydrogens (tertiary/aromatic N) is 3. The van der Waals surface area contributed by atoms with Crippen LogP contribution in [0.5, 0.6) is 11.5 Å². The second kappa shape index (κ2) is 16.3. The molecular weight excluding hydrogens is 561 g/mol. The first-order chi connectivity index (χ1) is 21.4. The van der Waals surface area contributed by atoms with Crippen molar-refractivity contribution in [2.24, 2.45) is 0 Å². The molecule has 0 aliphatic carbocycles. The van der Waals surface area contributed by atoms with E-state index in [0.717, 1.165) is 16.8 Å². The van der Waals surface area contributed by atoms with Gasteiger partial charge in [0.1, 0.15) is 23.9 Å².